The van der Waals surface area contributed by atoms with E-state index in [0.717, 1.165) is 23.3 Å². The zero-order valence-corrected chi connectivity index (χ0v) is 11.7. The molecule has 0 aromatic heterocycles. The molecule has 0 aliphatic heterocycles. The van der Waals surface area contributed by atoms with Gasteiger partial charge in [-0.25, -0.2) is 0 Å². The van der Waals surface area contributed by atoms with Crippen molar-refractivity contribution in [3.63, 3.8) is 0 Å². The second-order valence-corrected chi connectivity index (χ2v) is 2.99. The first-order valence-corrected chi connectivity index (χ1v) is 6.06. The summed E-state index contributed by atoms with van der Waals surface area (Å²) in [6.07, 6.45) is 6.34. The Bertz CT molecular complexity index is 296. The molecule has 0 fully saturated rings. The molecule has 0 bridgehead atoms. The average molecular weight is 237 g/mol. The highest BCUT2D eigenvalue weighted by Crippen LogP contribution is 2.13. The zero-order chi connectivity index (χ0) is 13.0. The molecular formula is C14H23NS. The van der Waals surface area contributed by atoms with Crippen LogP contribution >= 0.6 is 12.6 Å². The van der Waals surface area contributed by atoms with Gasteiger partial charge in [0, 0.05) is 11.8 Å². The Labute approximate surface area is 106 Å². The molecule has 0 spiro atoms. The minimum absolute atomic E-state index is 0.865. The van der Waals surface area contributed by atoms with Crippen molar-refractivity contribution in [2.24, 2.45) is 4.99 Å². The van der Waals surface area contributed by atoms with Crippen molar-refractivity contribution in [1.29, 1.82) is 0 Å². The van der Waals surface area contributed by atoms with Crippen LogP contribution in [-0.2, 0) is 0 Å². The lowest BCUT2D eigenvalue weighted by Crippen LogP contribution is -1.85. The van der Waals surface area contributed by atoms with Crippen molar-refractivity contribution in [2.75, 3.05) is 0 Å². The van der Waals surface area contributed by atoms with Gasteiger partial charge in [-0.2, -0.15) is 12.6 Å². The quantitative estimate of drug-likeness (QED) is 0.394. The lowest BCUT2D eigenvalue weighted by atomic mass is 10.2. The lowest BCUT2D eigenvalue weighted by Gasteiger charge is -2.00. The van der Waals surface area contributed by atoms with E-state index in [-0.39, 0.29) is 0 Å². The average Bonchev–Trinajstić information content (AvgIpc) is 2.36. The summed E-state index contributed by atoms with van der Waals surface area (Å²) in [6.45, 7) is 15.5. The minimum Gasteiger partial charge on any atom is -0.256 e. The molecule has 2 heteroatoms. The van der Waals surface area contributed by atoms with E-state index in [1.165, 1.54) is 0 Å². The number of hydrogen-bond acceptors (Lipinski definition) is 2. The van der Waals surface area contributed by atoms with Gasteiger partial charge in [0.25, 0.3) is 0 Å². The number of aliphatic imine (C=N–C) groups is 1. The van der Waals surface area contributed by atoms with Gasteiger partial charge in [-0.1, -0.05) is 46.1 Å². The minimum atomic E-state index is 0.865. The maximum atomic E-state index is 4.30. The predicted octanol–water partition coefficient (Wildman–Crippen LogP) is 4.95. The molecule has 0 atom stereocenters. The van der Waals surface area contributed by atoms with E-state index in [2.05, 4.69) is 30.8 Å². The summed E-state index contributed by atoms with van der Waals surface area (Å²) in [5.74, 6) is 0. The topological polar surface area (TPSA) is 12.4 Å². The van der Waals surface area contributed by atoms with Gasteiger partial charge in [0.15, 0.2) is 0 Å². The molecule has 1 nitrogen and oxygen atoms in total. The fourth-order valence-corrected chi connectivity index (χ4v) is 1.03. The van der Waals surface area contributed by atoms with Gasteiger partial charge in [-0.05, 0) is 24.3 Å². The molecule has 0 heterocycles. The largest absolute Gasteiger partial charge is 0.256 e. The predicted molar refractivity (Wildman–Crippen MR) is 80.3 cm³/mol. The summed E-state index contributed by atoms with van der Waals surface area (Å²) in [4.78, 5) is 4.30. The van der Waals surface area contributed by atoms with E-state index in [0.29, 0.717) is 0 Å². The van der Waals surface area contributed by atoms with Crippen molar-refractivity contribution >= 4 is 18.8 Å². The Morgan fingerprint density at radius 3 is 2.25 bits per heavy atom. The van der Waals surface area contributed by atoms with Crippen LogP contribution in [0.25, 0.3) is 0 Å². The highest BCUT2D eigenvalue weighted by atomic mass is 32.1. The number of allylic oxidation sites excluding steroid dienone is 3. The molecule has 0 saturated heterocycles. The Morgan fingerprint density at radius 1 is 1.38 bits per heavy atom. The van der Waals surface area contributed by atoms with E-state index in [1.54, 1.807) is 17.7 Å². The highest BCUT2D eigenvalue weighted by molar-refractivity contribution is 7.83. The Hall–Kier alpha value is -1.02. The van der Waals surface area contributed by atoms with Crippen LogP contribution in [0.3, 0.4) is 0 Å². The van der Waals surface area contributed by atoms with Crippen LogP contribution in [0.1, 0.15) is 34.1 Å². The van der Waals surface area contributed by atoms with Gasteiger partial charge >= 0.3 is 0 Å². The Morgan fingerprint density at radius 2 is 1.94 bits per heavy atom. The van der Waals surface area contributed by atoms with Crippen molar-refractivity contribution in [2.45, 2.75) is 34.1 Å². The molecule has 0 radical (unpaired) electrons. The van der Waals surface area contributed by atoms with Crippen molar-refractivity contribution in [1.82, 2.24) is 0 Å². The summed E-state index contributed by atoms with van der Waals surface area (Å²) in [7, 11) is 0. The molecule has 90 valence electrons. The molecule has 16 heavy (non-hydrogen) atoms. The summed E-state index contributed by atoms with van der Waals surface area (Å²) in [5.41, 5.74) is 2.78. The Balaban J connectivity index is 0. The molecule has 0 saturated carbocycles. The fourth-order valence-electron chi connectivity index (χ4n) is 0.791. The standard InChI is InChI=1S/C12H17NS.C2H6/c1-5-10(4)8-13-12(7-3)11(6-2)9-14;1-2/h6-9,14H,2,4-5H2,1,3H3;1-2H3/b11-9+,12-7-,13-8?;. The molecule has 0 N–H and O–H groups in total. The monoisotopic (exact) mass is 237 g/mol. The van der Waals surface area contributed by atoms with Gasteiger partial charge in [0.05, 0.1) is 5.70 Å². The first-order valence-electron chi connectivity index (χ1n) is 5.54. The second kappa shape index (κ2) is 12.1. The lowest BCUT2D eigenvalue weighted by molar-refractivity contribution is 1.18. The van der Waals surface area contributed by atoms with Crippen LogP contribution < -0.4 is 0 Å². The molecule has 0 amide bonds. The van der Waals surface area contributed by atoms with Crippen LogP contribution in [0, 0.1) is 0 Å². The third-order valence-electron chi connectivity index (χ3n) is 1.77. The van der Waals surface area contributed by atoms with Crippen LogP contribution in [0.5, 0.6) is 0 Å². The first-order chi connectivity index (χ1) is 7.69. The summed E-state index contributed by atoms with van der Waals surface area (Å²) in [5, 5.41) is 1.69. The third kappa shape index (κ3) is 7.30. The zero-order valence-electron chi connectivity index (χ0n) is 10.8. The second-order valence-electron chi connectivity index (χ2n) is 2.73. The van der Waals surface area contributed by atoms with Crippen molar-refractivity contribution < 1.29 is 0 Å². The number of rotatable bonds is 5. The number of nitrogens with zero attached hydrogens (tertiary/aromatic N) is 1. The van der Waals surface area contributed by atoms with Crippen LogP contribution in [0.4, 0.5) is 0 Å². The summed E-state index contributed by atoms with van der Waals surface area (Å²) < 4.78 is 0. The maximum absolute atomic E-state index is 4.30. The van der Waals surface area contributed by atoms with Gasteiger partial charge in [0.1, 0.15) is 0 Å². The highest BCUT2D eigenvalue weighted by Gasteiger charge is 1.96. The molecular weight excluding hydrogens is 214 g/mol. The SMILES string of the molecule is C=CC(=C\S)/C(=C/C)N=CC(=C)CC.CC. The third-order valence-corrected chi connectivity index (χ3v) is 2.05. The van der Waals surface area contributed by atoms with E-state index < -0.39 is 0 Å². The molecule has 0 aromatic rings. The maximum Gasteiger partial charge on any atom is 0.0664 e. The van der Waals surface area contributed by atoms with E-state index in [1.807, 2.05) is 33.8 Å². The molecule has 0 aliphatic rings. The summed E-state index contributed by atoms with van der Waals surface area (Å²) >= 11 is 4.09. The summed E-state index contributed by atoms with van der Waals surface area (Å²) in [6, 6.07) is 0. The molecule has 0 aliphatic carbocycles. The number of hydrogen-bond donors (Lipinski definition) is 1. The van der Waals surface area contributed by atoms with Crippen LogP contribution in [-0.4, -0.2) is 6.21 Å². The van der Waals surface area contributed by atoms with Gasteiger partial charge < -0.3 is 0 Å². The van der Waals surface area contributed by atoms with Gasteiger partial charge in [0.2, 0.25) is 0 Å². The molecule has 0 aromatic carbocycles. The molecule has 0 unspecified atom stereocenters. The fraction of sp³-hybridized carbons (Fsp3) is 0.357. The van der Waals surface area contributed by atoms with E-state index in [4.69, 9.17) is 0 Å². The van der Waals surface area contributed by atoms with Crippen LogP contribution in [0.15, 0.2) is 52.6 Å². The smallest absolute Gasteiger partial charge is 0.0664 e. The van der Waals surface area contributed by atoms with Gasteiger partial charge in [-0.15, -0.1) is 0 Å². The van der Waals surface area contributed by atoms with E-state index in [9.17, 15) is 0 Å². The van der Waals surface area contributed by atoms with Gasteiger partial charge in [-0.3, -0.25) is 4.99 Å². The van der Waals surface area contributed by atoms with Crippen molar-refractivity contribution in [3.8, 4) is 0 Å². The molecule has 0 rings (SSSR count). The van der Waals surface area contributed by atoms with Crippen LogP contribution in [0.2, 0.25) is 0 Å². The number of thiol groups is 1. The van der Waals surface area contributed by atoms with Crippen molar-refractivity contribution in [3.05, 3.63) is 47.6 Å². The Kier molecular flexibility index (Phi) is 13.1. The van der Waals surface area contributed by atoms with E-state index >= 15 is 0 Å². The normalized spacial score (nSPS) is 12.1. The first kappa shape index (κ1) is 17.4.